The summed E-state index contributed by atoms with van der Waals surface area (Å²) in [5.74, 6) is 7.42. The molecule has 2 N–H and O–H groups in total. The number of morpholine rings is 1. The van der Waals surface area contributed by atoms with Gasteiger partial charge < -0.3 is 20.3 Å². The molecule has 0 aromatic carbocycles. The van der Waals surface area contributed by atoms with Crippen molar-refractivity contribution in [2.45, 2.75) is 56.7 Å². The number of rotatable bonds is 6. The number of carbonyl (C=O) groups is 1. The lowest BCUT2D eigenvalue weighted by molar-refractivity contribution is 0.0988. The highest BCUT2D eigenvalue weighted by Gasteiger charge is 2.39. The zero-order chi connectivity index (χ0) is 28.6. The minimum Gasteiger partial charge on any atom is -0.374 e. The highest BCUT2D eigenvalue weighted by atomic mass is 19.3. The Kier molecular flexibility index (Phi) is 7.52. The molecular formula is C29H35F2N9O2. The number of amides is 1. The van der Waals surface area contributed by atoms with Gasteiger partial charge >= 0.3 is 0 Å². The van der Waals surface area contributed by atoms with Gasteiger partial charge in [-0.3, -0.25) is 14.4 Å². The molecule has 42 heavy (non-hydrogen) atoms. The summed E-state index contributed by atoms with van der Waals surface area (Å²) >= 11 is 0. The van der Waals surface area contributed by atoms with Crippen molar-refractivity contribution in [3.8, 4) is 11.8 Å². The third-order valence-electron chi connectivity index (χ3n) is 8.89. The lowest BCUT2D eigenvalue weighted by Crippen LogP contribution is -2.37. The number of ether oxygens (including phenoxy) is 1. The van der Waals surface area contributed by atoms with E-state index in [1.807, 2.05) is 6.07 Å². The minimum atomic E-state index is -2.83. The fraction of sp³-hybridized carbons (Fsp3) is 0.586. The Morgan fingerprint density at radius 1 is 1.19 bits per heavy atom. The zero-order valence-corrected chi connectivity index (χ0v) is 23.4. The van der Waals surface area contributed by atoms with E-state index in [1.54, 1.807) is 10.9 Å². The van der Waals surface area contributed by atoms with Crippen molar-refractivity contribution in [3.05, 3.63) is 35.9 Å². The summed E-state index contributed by atoms with van der Waals surface area (Å²) < 4.78 is 36.8. The molecule has 7 heterocycles. The van der Waals surface area contributed by atoms with Crippen LogP contribution >= 0.6 is 0 Å². The van der Waals surface area contributed by atoms with E-state index in [1.165, 1.54) is 16.9 Å². The number of hydrogen-bond donors (Lipinski definition) is 2. The molecule has 0 unspecified atom stereocenters. The van der Waals surface area contributed by atoms with Crippen LogP contribution in [0.25, 0.3) is 5.65 Å². The number of nitrogens with one attached hydrogen (secondary N) is 2. The van der Waals surface area contributed by atoms with Crippen LogP contribution in [0.15, 0.2) is 24.7 Å². The number of halogens is 2. The second-order valence-corrected chi connectivity index (χ2v) is 11.6. The molecule has 1 amide bonds. The first-order chi connectivity index (χ1) is 20.5. The molecule has 0 radical (unpaired) electrons. The van der Waals surface area contributed by atoms with Gasteiger partial charge in [-0.2, -0.15) is 10.2 Å². The third kappa shape index (κ3) is 5.46. The van der Waals surface area contributed by atoms with Gasteiger partial charge in [-0.15, -0.1) is 0 Å². The molecule has 4 aliphatic rings. The van der Waals surface area contributed by atoms with E-state index in [-0.39, 0.29) is 29.4 Å². The Morgan fingerprint density at radius 3 is 2.76 bits per heavy atom. The van der Waals surface area contributed by atoms with Crippen LogP contribution in [0.4, 0.5) is 20.3 Å². The molecule has 13 heteroatoms. The van der Waals surface area contributed by atoms with Crippen LogP contribution < -0.4 is 15.5 Å². The number of aromatic nitrogens is 5. The van der Waals surface area contributed by atoms with Gasteiger partial charge in [0.2, 0.25) is 0 Å². The first kappa shape index (κ1) is 27.2. The number of nitrogens with zero attached hydrogens (tertiary/aromatic N) is 7. The molecule has 4 saturated heterocycles. The second-order valence-electron chi connectivity index (χ2n) is 11.6. The number of likely N-dealkylation sites (tertiary alicyclic amines) is 1. The van der Waals surface area contributed by atoms with Crippen LogP contribution in [-0.2, 0) is 4.74 Å². The fourth-order valence-electron chi connectivity index (χ4n) is 6.51. The molecular weight excluding hydrogens is 544 g/mol. The summed E-state index contributed by atoms with van der Waals surface area (Å²) in [5.41, 5.74) is 0.159. The Balaban J connectivity index is 1.02. The Bertz CT molecular complexity index is 1500. The van der Waals surface area contributed by atoms with Crippen LogP contribution in [-0.4, -0.2) is 93.2 Å². The smallest absolute Gasteiger partial charge is 0.284 e. The average Bonchev–Trinajstić information content (AvgIpc) is 3.81. The SMILES string of the molecule is O=C(Nc1cn(C2CCN(CC#CC3CCNCC3)CC2)nc1C(F)F)c1cnn2ccc(N3C[C@H]4C[C@@H]3CO4)nc12. The molecule has 0 aliphatic carbocycles. The number of piperidine rings is 2. The van der Waals surface area contributed by atoms with E-state index in [2.05, 4.69) is 42.5 Å². The van der Waals surface area contributed by atoms with Crippen molar-refractivity contribution in [3.63, 3.8) is 0 Å². The quantitative estimate of drug-likeness (QED) is 0.430. The molecule has 0 saturated carbocycles. The van der Waals surface area contributed by atoms with Gasteiger partial charge in [-0.25, -0.2) is 18.3 Å². The third-order valence-corrected chi connectivity index (χ3v) is 8.89. The summed E-state index contributed by atoms with van der Waals surface area (Å²) in [5, 5.41) is 14.5. The van der Waals surface area contributed by atoms with Crippen molar-refractivity contribution >= 4 is 23.1 Å². The van der Waals surface area contributed by atoms with E-state index in [4.69, 9.17) is 9.72 Å². The maximum atomic E-state index is 14.0. The summed E-state index contributed by atoms with van der Waals surface area (Å²) in [7, 11) is 0. The van der Waals surface area contributed by atoms with Gasteiger partial charge in [0.25, 0.3) is 12.3 Å². The van der Waals surface area contributed by atoms with Gasteiger partial charge in [0.1, 0.15) is 11.4 Å². The minimum absolute atomic E-state index is 0.00905. The van der Waals surface area contributed by atoms with Gasteiger partial charge in [-0.05, 0) is 51.3 Å². The number of alkyl halides is 2. The number of hydrogen-bond acceptors (Lipinski definition) is 8. The topological polar surface area (TPSA) is 105 Å². The lowest BCUT2D eigenvalue weighted by atomic mass is 9.99. The Morgan fingerprint density at radius 2 is 2.02 bits per heavy atom. The Labute approximate surface area is 242 Å². The second kappa shape index (κ2) is 11.6. The van der Waals surface area contributed by atoms with Gasteiger partial charge in [-0.1, -0.05) is 11.8 Å². The molecule has 0 spiro atoms. The normalized spacial score (nSPS) is 23.5. The molecule has 11 nitrogen and oxygen atoms in total. The van der Waals surface area contributed by atoms with Crippen molar-refractivity contribution < 1.29 is 18.3 Å². The predicted molar refractivity (Wildman–Crippen MR) is 152 cm³/mol. The zero-order valence-electron chi connectivity index (χ0n) is 23.4. The largest absolute Gasteiger partial charge is 0.374 e. The van der Waals surface area contributed by atoms with E-state index < -0.39 is 18.0 Å². The summed E-state index contributed by atoms with van der Waals surface area (Å²) in [6, 6.07) is 2.11. The van der Waals surface area contributed by atoms with Crippen LogP contribution in [0.5, 0.6) is 0 Å². The monoisotopic (exact) mass is 579 g/mol. The standard InChI is InChI=1S/C29H35F2N9O2/c30-27(31)26-24(17-40(36-26)20-5-11-37(12-6-20)10-1-2-19-3-8-32-9-4-19)34-29(41)23-15-33-39-13-7-25(35-28(23)39)38-16-22-14-21(38)18-42-22/h7,13,15,17,19-22,27,32H,3-6,8-12,14,16,18H2,(H,34,41)/t21-,22-/m1/s1. The lowest BCUT2D eigenvalue weighted by Gasteiger charge is -2.30. The van der Waals surface area contributed by atoms with Crippen LogP contribution in [0, 0.1) is 17.8 Å². The van der Waals surface area contributed by atoms with Crippen molar-refractivity contribution in [1.29, 1.82) is 0 Å². The maximum absolute atomic E-state index is 14.0. The Hall–Kier alpha value is -3.60. The molecule has 7 rings (SSSR count). The molecule has 2 atom stereocenters. The molecule has 222 valence electrons. The van der Waals surface area contributed by atoms with Gasteiger partial charge in [0.05, 0.1) is 43.2 Å². The maximum Gasteiger partial charge on any atom is 0.284 e. The number of anilines is 2. The van der Waals surface area contributed by atoms with Gasteiger partial charge in [0, 0.05) is 37.9 Å². The van der Waals surface area contributed by atoms with Crippen LogP contribution in [0.1, 0.15) is 60.6 Å². The highest BCUT2D eigenvalue weighted by Crippen LogP contribution is 2.33. The van der Waals surface area contributed by atoms with E-state index in [0.717, 1.165) is 77.2 Å². The van der Waals surface area contributed by atoms with Crippen LogP contribution in [0.3, 0.4) is 0 Å². The first-order valence-corrected chi connectivity index (χ1v) is 14.8. The van der Waals surface area contributed by atoms with E-state index >= 15 is 0 Å². The molecule has 4 fully saturated rings. The number of carbonyl (C=O) groups excluding carboxylic acids is 1. The summed E-state index contributed by atoms with van der Waals surface area (Å²) in [4.78, 5) is 22.5. The molecule has 2 bridgehead atoms. The van der Waals surface area contributed by atoms with Crippen LogP contribution in [0.2, 0.25) is 0 Å². The molecule has 3 aromatic heterocycles. The summed E-state index contributed by atoms with van der Waals surface area (Å²) in [6.07, 6.45) is 6.80. The van der Waals surface area contributed by atoms with Crippen molar-refractivity contribution in [2.24, 2.45) is 5.92 Å². The van der Waals surface area contributed by atoms with E-state index in [0.29, 0.717) is 18.2 Å². The van der Waals surface area contributed by atoms with Crippen molar-refractivity contribution in [1.82, 2.24) is 34.6 Å². The fourth-order valence-corrected chi connectivity index (χ4v) is 6.51. The predicted octanol–water partition coefficient (Wildman–Crippen LogP) is 2.73. The van der Waals surface area contributed by atoms with E-state index in [9.17, 15) is 13.6 Å². The number of fused-ring (bicyclic) bond motifs is 3. The van der Waals surface area contributed by atoms with Crippen molar-refractivity contribution in [2.75, 3.05) is 56.1 Å². The van der Waals surface area contributed by atoms with Gasteiger partial charge in [0.15, 0.2) is 11.3 Å². The summed E-state index contributed by atoms with van der Waals surface area (Å²) in [6.45, 7) is 5.84. The average molecular weight is 580 g/mol. The molecule has 4 aliphatic heterocycles. The molecule has 3 aromatic rings. The first-order valence-electron chi connectivity index (χ1n) is 14.8. The highest BCUT2D eigenvalue weighted by molar-refractivity contribution is 6.08.